The van der Waals surface area contributed by atoms with Gasteiger partial charge in [-0.2, -0.15) is 4.99 Å². The van der Waals surface area contributed by atoms with Gasteiger partial charge in [0.2, 0.25) is 0 Å². The van der Waals surface area contributed by atoms with E-state index >= 15 is 0 Å². The van der Waals surface area contributed by atoms with Crippen molar-refractivity contribution in [1.29, 1.82) is 0 Å². The van der Waals surface area contributed by atoms with Gasteiger partial charge < -0.3 is 11.5 Å². The molecule has 0 bridgehead atoms. The summed E-state index contributed by atoms with van der Waals surface area (Å²) in [5.41, 5.74) is 11.2. The Morgan fingerprint density at radius 2 is 1.95 bits per heavy atom. The number of carbonyl (C=O) groups excluding carboxylic acids is 1. The Morgan fingerprint density at radius 1 is 1.37 bits per heavy atom. The van der Waals surface area contributed by atoms with Crippen molar-refractivity contribution < 1.29 is 13.2 Å². The van der Waals surface area contributed by atoms with Gasteiger partial charge in [-0.3, -0.25) is 4.79 Å². The van der Waals surface area contributed by atoms with Crippen LogP contribution in [0.1, 0.15) is 22.8 Å². The van der Waals surface area contributed by atoms with Crippen LogP contribution in [0, 0.1) is 0 Å². The van der Waals surface area contributed by atoms with Crippen molar-refractivity contribution in [3.63, 3.8) is 0 Å². The summed E-state index contributed by atoms with van der Waals surface area (Å²) in [7, 11) is -3.45. The highest BCUT2D eigenvalue weighted by Crippen LogP contribution is 2.27. The molecule has 0 fully saturated rings. The van der Waals surface area contributed by atoms with Crippen LogP contribution >= 0.6 is 15.9 Å². The van der Waals surface area contributed by atoms with Crippen molar-refractivity contribution in [3.8, 4) is 0 Å². The third-order valence-electron chi connectivity index (χ3n) is 2.40. The molecule has 19 heavy (non-hydrogen) atoms. The normalized spacial score (nSPS) is 11.1. The van der Waals surface area contributed by atoms with E-state index < -0.39 is 15.7 Å². The lowest BCUT2D eigenvalue weighted by Crippen LogP contribution is -2.24. The molecule has 104 valence electrons. The molecule has 1 aromatic rings. The number of sulfone groups is 1. The molecule has 1 aromatic carbocycles. The van der Waals surface area contributed by atoms with Crippen LogP contribution in [0.15, 0.2) is 26.5 Å². The van der Waals surface area contributed by atoms with E-state index in [1.54, 1.807) is 6.07 Å². The summed E-state index contributed by atoms with van der Waals surface area (Å²) in [6, 6.07) is 2.87. The van der Waals surface area contributed by atoms with Crippen LogP contribution in [0.4, 0.5) is 0 Å². The summed E-state index contributed by atoms with van der Waals surface area (Å²) < 4.78 is 23.7. The van der Waals surface area contributed by atoms with E-state index in [-0.39, 0.29) is 16.4 Å². The van der Waals surface area contributed by atoms with Gasteiger partial charge in [0, 0.05) is 16.3 Å². The van der Waals surface area contributed by atoms with Crippen LogP contribution in [-0.2, 0) is 16.3 Å². The Hall–Kier alpha value is -1.41. The van der Waals surface area contributed by atoms with Crippen LogP contribution in [0.3, 0.4) is 0 Å². The average molecular weight is 348 g/mol. The number of rotatable bonds is 3. The molecular formula is C11H14BrN3O3S. The Morgan fingerprint density at radius 3 is 2.37 bits per heavy atom. The summed E-state index contributed by atoms with van der Waals surface area (Å²) >= 11 is 3.18. The zero-order valence-corrected chi connectivity index (χ0v) is 12.9. The van der Waals surface area contributed by atoms with Gasteiger partial charge in [-0.05, 0) is 40.0 Å². The van der Waals surface area contributed by atoms with Gasteiger partial charge in [-0.15, -0.1) is 0 Å². The number of nitrogens with two attached hydrogens (primary N) is 2. The first kappa shape index (κ1) is 15.6. The maximum atomic E-state index is 11.9. The second-order valence-electron chi connectivity index (χ2n) is 3.91. The summed E-state index contributed by atoms with van der Waals surface area (Å²) in [4.78, 5) is 15.3. The Balaban J connectivity index is 3.55. The van der Waals surface area contributed by atoms with Crippen molar-refractivity contribution in [2.45, 2.75) is 18.2 Å². The number of carbonyl (C=O) groups is 1. The van der Waals surface area contributed by atoms with E-state index in [1.165, 1.54) is 6.07 Å². The molecule has 0 aliphatic carbocycles. The second kappa shape index (κ2) is 5.70. The molecule has 1 amide bonds. The van der Waals surface area contributed by atoms with Gasteiger partial charge in [0.25, 0.3) is 5.91 Å². The zero-order chi connectivity index (χ0) is 14.8. The van der Waals surface area contributed by atoms with Gasteiger partial charge in [-0.25, -0.2) is 8.42 Å². The number of benzene rings is 1. The molecule has 0 atom stereocenters. The van der Waals surface area contributed by atoms with E-state index in [0.29, 0.717) is 16.5 Å². The van der Waals surface area contributed by atoms with E-state index in [1.807, 2.05) is 6.92 Å². The topological polar surface area (TPSA) is 116 Å². The number of aliphatic imine (C=N–C) groups is 1. The Labute approximate surface area is 119 Å². The van der Waals surface area contributed by atoms with Crippen molar-refractivity contribution in [3.05, 3.63) is 27.7 Å². The first-order valence-corrected chi connectivity index (χ1v) is 8.01. The standard InChI is InChI=1S/C11H14BrN3O3S/c1-3-6-4-8(12)9(19(2,17)18)5-7(6)10(16)15-11(13)14/h4-5H,3H2,1-2H3,(H4,13,14,15,16). The molecule has 0 radical (unpaired) electrons. The summed E-state index contributed by atoms with van der Waals surface area (Å²) in [6.45, 7) is 1.84. The largest absolute Gasteiger partial charge is 0.370 e. The number of amides is 1. The smallest absolute Gasteiger partial charge is 0.280 e. The van der Waals surface area contributed by atoms with Crippen LogP contribution in [-0.4, -0.2) is 26.5 Å². The molecule has 0 aromatic heterocycles. The molecule has 0 heterocycles. The highest BCUT2D eigenvalue weighted by molar-refractivity contribution is 9.10. The Bertz CT molecular complexity index is 649. The van der Waals surface area contributed by atoms with Crippen LogP contribution in [0.2, 0.25) is 0 Å². The van der Waals surface area contributed by atoms with Crippen molar-refractivity contribution in [1.82, 2.24) is 0 Å². The maximum absolute atomic E-state index is 11.9. The van der Waals surface area contributed by atoms with Crippen LogP contribution < -0.4 is 11.5 Å². The second-order valence-corrected chi connectivity index (χ2v) is 6.75. The molecular weight excluding hydrogens is 334 g/mol. The predicted octanol–water partition coefficient (Wildman–Crippen LogP) is 0.829. The van der Waals surface area contributed by atoms with Gasteiger partial charge in [0.15, 0.2) is 15.8 Å². The number of halogens is 1. The third kappa shape index (κ3) is 3.77. The predicted molar refractivity (Wildman–Crippen MR) is 76.8 cm³/mol. The molecule has 0 spiro atoms. The van der Waals surface area contributed by atoms with Gasteiger partial charge in [-0.1, -0.05) is 6.92 Å². The fraction of sp³-hybridized carbons (Fsp3) is 0.273. The molecule has 6 nitrogen and oxygen atoms in total. The quantitative estimate of drug-likeness (QED) is 0.620. The fourth-order valence-electron chi connectivity index (χ4n) is 1.55. The first-order valence-electron chi connectivity index (χ1n) is 5.33. The molecule has 8 heteroatoms. The lowest BCUT2D eigenvalue weighted by Gasteiger charge is -2.09. The highest BCUT2D eigenvalue weighted by atomic mass is 79.9. The maximum Gasteiger partial charge on any atom is 0.280 e. The molecule has 0 aliphatic heterocycles. The third-order valence-corrected chi connectivity index (χ3v) is 4.45. The van der Waals surface area contributed by atoms with E-state index in [0.717, 1.165) is 6.26 Å². The number of hydrogen-bond donors (Lipinski definition) is 2. The highest BCUT2D eigenvalue weighted by Gasteiger charge is 2.19. The van der Waals surface area contributed by atoms with Gasteiger partial charge >= 0.3 is 0 Å². The van der Waals surface area contributed by atoms with Crippen molar-refractivity contribution in [2.75, 3.05) is 6.26 Å². The molecule has 1 rings (SSSR count). The zero-order valence-electron chi connectivity index (χ0n) is 10.5. The minimum atomic E-state index is -3.45. The van der Waals surface area contributed by atoms with Crippen molar-refractivity contribution in [2.24, 2.45) is 16.5 Å². The lowest BCUT2D eigenvalue weighted by atomic mass is 10.1. The van der Waals surface area contributed by atoms with Crippen LogP contribution in [0.25, 0.3) is 0 Å². The summed E-state index contributed by atoms with van der Waals surface area (Å²) in [5, 5.41) is 0. The van der Waals surface area contributed by atoms with Gasteiger partial charge in [0.05, 0.1) is 4.90 Å². The van der Waals surface area contributed by atoms with E-state index in [9.17, 15) is 13.2 Å². The minimum absolute atomic E-state index is 0.0267. The van der Waals surface area contributed by atoms with Gasteiger partial charge in [0.1, 0.15) is 0 Å². The number of hydrogen-bond acceptors (Lipinski definition) is 3. The number of guanidine groups is 1. The lowest BCUT2D eigenvalue weighted by molar-refractivity contribution is 0.100. The van der Waals surface area contributed by atoms with E-state index in [4.69, 9.17) is 11.5 Å². The molecule has 0 saturated carbocycles. The first-order chi connectivity index (χ1) is 8.66. The average Bonchev–Trinajstić information content (AvgIpc) is 2.25. The molecule has 0 saturated heterocycles. The SMILES string of the molecule is CCc1cc(Br)c(S(C)(=O)=O)cc1C(=O)N=C(N)N. The number of aryl methyl sites for hydroxylation is 1. The molecule has 0 aliphatic rings. The molecule has 0 unspecified atom stereocenters. The summed E-state index contributed by atoms with van der Waals surface area (Å²) in [5.74, 6) is -1.02. The summed E-state index contributed by atoms with van der Waals surface area (Å²) in [6.07, 6.45) is 1.61. The molecule has 4 N–H and O–H groups in total. The van der Waals surface area contributed by atoms with Crippen LogP contribution in [0.5, 0.6) is 0 Å². The number of nitrogens with zero attached hydrogens (tertiary/aromatic N) is 1. The van der Waals surface area contributed by atoms with E-state index in [2.05, 4.69) is 20.9 Å². The fourth-order valence-corrected chi connectivity index (χ4v) is 3.57. The van der Waals surface area contributed by atoms with Crippen molar-refractivity contribution >= 4 is 37.6 Å². The Kier molecular flexibility index (Phi) is 4.70. The minimum Gasteiger partial charge on any atom is -0.370 e. The monoisotopic (exact) mass is 347 g/mol.